The monoisotopic (exact) mass is 351 g/mol. The van der Waals surface area contributed by atoms with Crippen LogP contribution in [0.4, 0.5) is 0 Å². The van der Waals surface area contributed by atoms with Crippen LogP contribution in [0.2, 0.25) is 0 Å². The van der Waals surface area contributed by atoms with Gasteiger partial charge in [0.15, 0.2) is 0 Å². The molecule has 0 radical (unpaired) electrons. The van der Waals surface area contributed by atoms with Crippen molar-refractivity contribution < 1.29 is 4.79 Å². The Bertz CT molecular complexity index is 292. The smallest absolute Gasteiger partial charge is 0.137 e. The fourth-order valence-electron chi connectivity index (χ4n) is 4.15. The van der Waals surface area contributed by atoms with Gasteiger partial charge in [0.1, 0.15) is 6.29 Å². The molecule has 1 rings (SSSR count). The average molecular weight is 352 g/mol. The second-order valence-corrected chi connectivity index (χ2v) is 8.18. The van der Waals surface area contributed by atoms with E-state index in [2.05, 4.69) is 11.8 Å². The van der Waals surface area contributed by atoms with E-state index in [4.69, 9.17) is 0 Å². The molecule has 1 aliphatic rings. The van der Waals surface area contributed by atoms with E-state index >= 15 is 0 Å². The van der Waals surface area contributed by atoms with Crippen LogP contribution in [0.5, 0.6) is 0 Å². The Morgan fingerprint density at radius 2 is 1.16 bits per heavy atom. The largest absolute Gasteiger partial charge is 0.302 e. The molecule has 2 nitrogen and oxygen atoms in total. The summed E-state index contributed by atoms with van der Waals surface area (Å²) in [6.45, 7) is 4.57. The second kappa shape index (κ2) is 17.1. The van der Waals surface area contributed by atoms with Crippen molar-refractivity contribution >= 4 is 6.29 Å². The maximum atomic E-state index is 10.9. The summed E-state index contributed by atoms with van der Waals surface area (Å²) in [7, 11) is 0. The first kappa shape index (κ1) is 22.7. The third-order valence-electron chi connectivity index (χ3n) is 5.87. The standard InChI is InChI=1S/C23H45NO/c1-2-3-4-5-6-7-8-9-10-11-12-13-14-15-16-17-20-24-21-18-19-23(24)22-25/h22-23H,2-21H2,1H3/t23-/m0/s1. The lowest BCUT2D eigenvalue weighted by Crippen LogP contribution is -2.31. The zero-order chi connectivity index (χ0) is 18.0. The van der Waals surface area contributed by atoms with E-state index in [9.17, 15) is 4.79 Å². The number of carbonyl (C=O) groups is 1. The fraction of sp³-hybridized carbons (Fsp3) is 0.957. The number of rotatable bonds is 18. The number of likely N-dealkylation sites (tertiary alicyclic amines) is 1. The SMILES string of the molecule is CCCCCCCCCCCCCCCCCCN1CCC[C@H]1C=O. The predicted octanol–water partition coefficient (Wildman–Crippen LogP) is 6.91. The van der Waals surface area contributed by atoms with Crippen molar-refractivity contribution in [2.75, 3.05) is 13.1 Å². The minimum Gasteiger partial charge on any atom is -0.302 e. The highest BCUT2D eigenvalue weighted by Gasteiger charge is 2.22. The van der Waals surface area contributed by atoms with E-state index in [1.807, 2.05) is 0 Å². The van der Waals surface area contributed by atoms with Crippen LogP contribution in [0, 0.1) is 0 Å². The lowest BCUT2D eigenvalue weighted by atomic mass is 10.0. The van der Waals surface area contributed by atoms with Crippen molar-refractivity contribution in [1.29, 1.82) is 0 Å². The first-order valence-electron chi connectivity index (χ1n) is 11.6. The number of hydrogen-bond acceptors (Lipinski definition) is 2. The second-order valence-electron chi connectivity index (χ2n) is 8.18. The molecule has 0 aromatic rings. The highest BCUT2D eigenvalue weighted by atomic mass is 16.1. The number of hydrogen-bond donors (Lipinski definition) is 0. The lowest BCUT2D eigenvalue weighted by Gasteiger charge is -2.19. The van der Waals surface area contributed by atoms with Crippen molar-refractivity contribution in [2.45, 2.75) is 129 Å². The topological polar surface area (TPSA) is 20.3 Å². The summed E-state index contributed by atoms with van der Waals surface area (Å²) < 4.78 is 0. The molecule has 25 heavy (non-hydrogen) atoms. The van der Waals surface area contributed by atoms with Gasteiger partial charge in [0.25, 0.3) is 0 Å². The lowest BCUT2D eigenvalue weighted by molar-refractivity contribution is -0.111. The molecular weight excluding hydrogens is 306 g/mol. The van der Waals surface area contributed by atoms with Crippen molar-refractivity contribution in [2.24, 2.45) is 0 Å². The zero-order valence-electron chi connectivity index (χ0n) is 17.2. The Labute approximate surface area is 158 Å². The Kier molecular flexibility index (Phi) is 15.5. The maximum absolute atomic E-state index is 10.9. The van der Waals surface area contributed by atoms with E-state index in [1.165, 1.54) is 109 Å². The van der Waals surface area contributed by atoms with Gasteiger partial charge in [-0.05, 0) is 32.4 Å². The van der Waals surface area contributed by atoms with Crippen LogP contribution in [0.3, 0.4) is 0 Å². The highest BCUT2D eigenvalue weighted by Crippen LogP contribution is 2.17. The molecule has 0 N–H and O–H groups in total. The Morgan fingerprint density at radius 1 is 0.720 bits per heavy atom. The van der Waals surface area contributed by atoms with E-state index in [0.29, 0.717) is 0 Å². The van der Waals surface area contributed by atoms with E-state index in [-0.39, 0.29) is 6.04 Å². The summed E-state index contributed by atoms with van der Waals surface area (Å²) in [4.78, 5) is 13.3. The third kappa shape index (κ3) is 12.6. The van der Waals surface area contributed by atoms with Crippen LogP contribution in [0.25, 0.3) is 0 Å². The number of nitrogens with zero attached hydrogens (tertiary/aromatic N) is 1. The Morgan fingerprint density at radius 3 is 1.60 bits per heavy atom. The van der Waals surface area contributed by atoms with Crippen LogP contribution in [-0.2, 0) is 4.79 Å². The van der Waals surface area contributed by atoms with Crippen molar-refractivity contribution in [1.82, 2.24) is 4.90 Å². The van der Waals surface area contributed by atoms with E-state index < -0.39 is 0 Å². The van der Waals surface area contributed by atoms with Crippen LogP contribution >= 0.6 is 0 Å². The molecule has 1 atom stereocenters. The quantitative estimate of drug-likeness (QED) is 0.197. The van der Waals surface area contributed by atoms with Crippen molar-refractivity contribution in [3.63, 3.8) is 0 Å². The molecule has 1 saturated heterocycles. The van der Waals surface area contributed by atoms with E-state index in [0.717, 1.165) is 25.8 Å². The molecule has 0 aromatic carbocycles. The van der Waals surface area contributed by atoms with Gasteiger partial charge < -0.3 is 4.79 Å². The maximum Gasteiger partial charge on any atom is 0.137 e. The van der Waals surface area contributed by atoms with Gasteiger partial charge in [-0.3, -0.25) is 4.90 Å². The minimum atomic E-state index is 0.233. The zero-order valence-corrected chi connectivity index (χ0v) is 17.2. The first-order chi connectivity index (χ1) is 12.4. The summed E-state index contributed by atoms with van der Waals surface area (Å²) >= 11 is 0. The predicted molar refractivity (Wildman–Crippen MR) is 110 cm³/mol. The van der Waals surface area contributed by atoms with Gasteiger partial charge in [-0.25, -0.2) is 0 Å². The van der Waals surface area contributed by atoms with Gasteiger partial charge in [-0.15, -0.1) is 0 Å². The summed E-state index contributed by atoms with van der Waals surface area (Å²) in [5.74, 6) is 0. The summed E-state index contributed by atoms with van der Waals surface area (Å²) in [5, 5.41) is 0. The Balaban J connectivity index is 1.71. The van der Waals surface area contributed by atoms with Crippen LogP contribution in [-0.4, -0.2) is 30.3 Å². The molecule has 0 spiro atoms. The molecule has 0 saturated carbocycles. The first-order valence-corrected chi connectivity index (χ1v) is 11.6. The van der Waals surface area contributed by atoms with Crippen molar-refractivity contribution in [3.05, 3.63) is 0 Å². The minimum absolute atomic E-state index is 0.233. The van der Waals surface area contributed by atoms with Gasteiger partial charge in [0.05, 0.1) is 6.04 Å². The molecule has 0 bridgehead atoms. The van der Waals surface area contributed by atoms with Crippen LogP contribution in [0.1, 0.15) is 122 Å². The molecule has 0 aromatic heterocycles. The molecule has 148 valence electrons. The molecule has 0 unspecified atom stereocenters. The fourth-order valence-corrected chi connectivity index (χ4v) is 4.15. The van der Waals surface area contributed by atoms with Crippen LogP contribution in [0.15, 0.2) is 0 Å². The molecule has 0 amide bonds. The average Bonchev–Trinajstić information content (AvgIpc) is 3.09. The summed E-state index contributed by atoms with van der Waals surface area (Å²) in [6, 6.07) is 0.233. The van der Waals surface area contributed by atoms with Gasteiger partial charge in [0, 0.05) is 0 Å². The van der Waals surface area contributed by atoms with Gasteiger partial charge in [0.2, 0.25) is 0 Å². The van der Waals surface area contributed by atoms with Crippen molar-refractivity contribution in [3.8, 4) is 0 Å². The number of aldehydes is 1. The van der Waals surface area contributed by atoms with E-state index in [1.54, 1.807) is 0 Å². The number of unbranched alkanes of at least 4 members (excludes halogenated alkanes) is 15. The molecule has 0 aliphatic carbocycles. The normalized spacial score (nSPS) is 18.0. The number of carbonyl (C=O) groups excluding carboxylic acids is 1. The molecule has 1 aliphatic heterocycles. The molecule has 1 heterocycles. The molecule has 2 heteroatoms. The summed E-state index contributed by atoms with van der Waals surface area (Å²) in [5.41, 5.74) is 0. The highest BCUT2D eigenvalue weighted by molar-refractivity contribution is 5.58. The van der Waals surface area contributed by atoms with Crippen LogP contribution < -0.4 is 0 Å². The third-order valence-corrected chi connectivity index (χ3v) is 5.87. The molecular formula is C23H45NO. The van der Waals surface area contributed by atoms with Gasteiger partial charge in [-0.1, -0.05) is 103 Å². The van der Waals surface area contributed by atoms with Gasteiger partial charge in [-0.2, -0.15) is 0 Å². The van der Waals surface area contributed by atoms with Gasteiger partial charge >= 0.3 is 0 Å². The Hall–Kier alpha value is -0.370. The summed E-state index contributed by atoms with van der Waals surface area (Å²) in [6.07, 6.45) is 26.2. The molecule has 1 fully saturated rings.